The van der Waals surface area contributed by atoms with Crippen molar-refractivity contribution in [3.8, 4) is 0 Å². The standard InChI is InChI=1S/C27H36BBr2N3O4/c1-18(2)15-24(28-36-13-11-33(3)12-14-37-28)31-26(35)27(17-22(27)19-7-5-4-6-8-19)32-25(34)21-16-20(29)9-10-23(21)30/h4-10,18,20,22,24H,11-17H2,1-3H3,(H,31,35)(H,32,34)/t20?,22?,24-,27-/m0/s1. The van der Waals surface area contributed by atoms with Gasteiger partial charge < -0.3 is 24.8 Å². The zero-order valence-electron chi connectivity index (χ0n) is 21.7. The highest BCUT2D eigenvalue weighted by Crippen LogP contribution is 2.52. The quantitative estimate of drug-likeness (QED) is 0.334. The van der Waals surface area contributed by atoms with Crippen molar-refractivity contribution in [1.82, 2.24) is 15.5 Å². The highest BCUT2D eigenvalue weighted by atomic mass is 79.9. The summed E-state index contributed by atoms with van der Waals surface area (Å²) in [5, 5.41) is 6.38. The van der Waals surface area contributed by atoms with Crippen LogP contribution in [0, 0.1) is 5.92 Å². The minimum Gasteiger partial charge on any atom is -0.408 e. The molecule has 10 heteroatoms. The highest BCUT2D eigenvalue weighted by Gasteiger charge is 2.62. The first-order valence-corrected chi connectivity index (χ1v) is 14.7. The van der Waals surface area contributed by atoms with Gasteiger partial charge in [0.2, 0.25) is 11.8 Å². The summed E-state index contributed by atoms with van der Waals surface area (Å²) in [5.74, 6) is -0.520. The van der Waals surface area contributed by atoms with Gasteiger partial charge in [-0.05, 0) is 37.8 Å². The third-order valence-corrected chi connectivity index (χ3v) is 8.57. The van der Waals surface area contributed by atoms with Crippen LogP contribution in [0.2, 0.25) is 0 Å². The zero-order valence-corrected chi connectivity index (χ0v) is 24.9. The smallest absolute Gasteiger partial charge is 0.408 e. The maximum atomic E-state index is 14.0. The molecule has 0 radical (unpaired) electrons. The van der Waals surface area contributed by atoms with E-state index in [2.05, 4.69) is 61.2 Å². The summed E-state index contributed by atoms with van der Waals surface area (Å²) in [6.07, 6.45) is 5.67. The number of halogens is 2. The molecule has 1 aromatic rings. The van der Waals surface area contributed by atoms with Crippen LogP contribution in [0.4, 0.5) is 0 Å². The average Bonchev–Trinajstić information content (AvgIpc) is 3.58. The van der Waals surface area contributed by atoms with Gasteiger partial charge in [0, 0.05) is 47.1 Å². The minimum absolute atomic E-state index is 0.0755. The van der Waals surface area contributed by atoms with Crippen molar-refractivity contribution >= 4 is 50.8 Å². The summed E-state index contributed by atoms with van der Waals surface area (Å²) in [7, 11) is 1.51. The lowest BCUT2D eigenvalue weighted by Gasteiger charge is -2.31. The largest absolute Gasteiger partial charge is 0.480 e. The molecule has 1 aliphatic heterocycles. The first-order chi connectivity index (χ1) is 17.7. The van der Waals surface area contributed by atoms with E-state index in [4.69, 9.17) is 9.31 Å². The molecule has 2 aliphatic carbocycles. The SMILES string of the molecule is CC(C)C[C@H](NC(=O)[C@]1(NC(=O)C2=C(Br)C=CC(Br)C2)CC1c1ccccc1)B1OCCN(C)CCO1. The number of rotatable bonds is 8. The van der Waals surface area contributed by atoms with Gasteiger partial charge in [-0.3, -0.25) is 9.59 Å². The normalized spacial score (nSPS) is 27.5. The molecule has 2 N–H and O–H groups in total. The molecule has 1 saturated heterocycles. The Morgan fingerprint density at radius 2 is 1.86 bits per heavy atom. The number of hydrogen-bond donors (Lipinski definition) is 2. The van der Waals surface area contributed by atoms with Gasteiger partial charge in [0.1, 0.15) is 5.54 Å². The first-order valence-electron chi connectivity index (χ1n) is 13.0. The van der Waals surface area contributed by atoms with Crippen LogP contribution in [0.5, 0.6) is 0 Å². The molecule has 3 aliphatic rings. The molecule has 200 valence electrons. The molecule has 4 rings (SSSR count). The molecule has 1 aromatic carbocycles. The van der Waals surface area contributed by atoms with E-state index in [-0.39, 0.29) is 28.5 Å². The second kappa shape index (κ2) is 12.6. The van der Waals surface area contributed by atoms with Crippen molar-refractivity contribution in [2.75, 3.05) is 33.4 Å². The number of benzene rings is 1. The highest BCUT2D eigenvalue weighted by molar-refractivity contribution is 9.12. The maximum absolute atomic E-state index is 14.0. The molecule has 0 aromatic heterocycles. The Morgan fingerprint density at radius 3 is 2.51 bits per heavy atom. The third kappa shape index (κ3) is 7.15. The Hall–Kier alpha value is -1.46. The zero-order chi connectivity index (χ0) is 26.6. The van der Waals surface area contributed by atoms with Crippen molar-refractivity contribution in [3.05, 3.63) is 58.1 Å². The lowest BCUT2D eigenvalue weighted by Crippen LogP contribution is -2.58. The number of hydrogen-bond acceptors (Lipinski definition) is 5. The van der Waals surface area contributed by atoms with Crippen LogP contribution in [0.1, 0.15) is 44.6 Å². The van der Waals surface area contributed by atoms with Crippen LogP contribution < -0.4 is 10.6 Å². The Bertz CT molecular complexity index is 1030. The van der Waals surface area contributed by atoms with Crippen LogP contribution >= 0.6 is 31.9 Å². The summed E-state index contributed by atoms with van der Waals surface area (Å²) < 4.78 is 12.9. The maximum Gasteiger partial charge on any atom is 0.480 e. The van der Waals surface area contributed by atoms with E-state index in [9.17, 15) is 9.59 Å². The van der Waals surface area contributed by atoms with Gasteiger partial charge in [-0.15, -0.1) is 0 Å². The fourth-order valence-electron chi connectivity index (χ4n) is 5.01. The first kappa shape index (κ1) is 28.6. The topological polar surface area (TPSA) is 79.9 Å². The van der Waals surface area contributed by atoms with Gasteiger partial charge in [-0.25, -0.2) is 0 Å². The summed E-state index contributed by atoms with van der Waals surface area (Å²) in [6, 6.07) is 9.92. The summed E-state index contributed by atoms with van der Waals surface area (Å²) in [5.41, 5.74) is 0.637. The average molecular weight is 637 g/mol. The fourth-order valence-corrected chi connectivity index (χ4v) is 5.98. The Balaban J connectivity index is 1.56. The van der Waals surface area contributed by atoms with E-state index in [1.54, 1.807) is 0 Å². The van der Waals surface area contributed by atoms with E-state index < -0.39 is 12.7 Å². The fraction of sp³-hybridized carbons (Fsp3) is 0.556. The molecule has 0 spiro atoms. The van der Waals surface area contributed by atoms with Crippen molar-refractivity contribution in [2.45, 2.75) is 55.3 Å². The van der Waals surface area contributed by atoms with E-state index in [1.165, 1.54) is 0 Å². The van der Waals surface area contributed by atoms with E-state index >= 15 is 0 Å². The van der Waals surface area contributed by atoms with Crippen molar-refractivity contribution < 1.29 is 18.9 Å². The summed E-state index contributed by atoms with van der Waals surface area (Å²) in [4.78, 5) is 29.7. The molecule has 7 nitrogen and oxygen atoms in total. The Morgan fingerprint density at radius 1 is 1.19 bits per heavy atom. The summed E-state index contributed by atoms with van der Waals surface area (Å²) in [6.45, 7) is 6.92. The molecule has 1 saturated carbocycles. The Kier molecular flexibility index (Phi) is 9.72. The number of alkyl halides is 1. The molecule has 2 amide bonds. The molecular weight excluding hydrogens is 601 g/mol. The van der Waals surface area contributed by atoms with E-state index in [1.807, 2.05) is 49.5 Å². The van der Waals surface area contributed by atoms with Crippen LogP contribution in [0.3, 0.4) is 0 Å². The number of nitrogens with one attached hydrogen (secondary N) is 2. The predicted octanol–water partition coefficient (Wildman–Crippen LogP) is 3.94. The second-order valence-corrected chi connectivity index (χ2v) is 12.7. The van der Waals surface area contributed by atoms with Gasteiger partial charge in [-0.2, -0.15) is 0 Å². The van der Waals surface area contributed by atoms with E-state index in [0.717, 1.165) is 23.1 Å². The molecule has 1 heterocycles. The van der Waals surface area contributed by atoms with Crippen molar-refractivity contribution in [2.24, 2.45) is 5.92 Å². The molecule has 2 fully saturated rings. The second-order valence-electron chi connectivity index (χ2n) is 10.6. The number of likely N-dealkylation sites (N-methyl/N-ethyl adjacent to an activating group) is 1. The predicted molar refractivity (Wildman–Crippen MR) is 154 cm³/mol. The van der Waals surface area contributed by atoms with Gasteiger partial charge in [0.15, 0.2) is 0 Å². The van der Waals surface area contributed by atoms with E-state index in [0.29, 0.717) is 44.0 Å². The van der Waals surface area contributed by atoms with Crippen molar-refractivity contribution in [1.29, 1.82) is 0 Å². The minimum atomic E-state index is -1.03. The van der Waals surface area contributed by atoms with Crippen LogP contribution in [0.15, 0.2) is 52.5 Å². The van der Waals surface area contributed by atoms with Gasteiger partial charge >= 0.3 is 7.12 Å². The van der Waals surface area contributed by atoms with Gasteiger partial charge in [0.25, 0.3) is 0 Å². The number of carbonyl (C=O) groups is 2. The number of carbonyl (C=O) groups excluding carboxylic acids is 2. The van der Waals surface area contributed by atoms with Crippen molar-refractivity contribution in [3.63, 3.8) is 0 Å². The third-order valence-electron chi connectivity index (χ3n) is 7.20. The lowest BCUT2D eigenvalue weighted by molar-refractivity contribution is -0.129. The summed E-state index contributed by atoms with van der Waals surface area (Å²) >= 11 is 7.10. The molecule has 0 bridgehead atoms. The van der Waals surface area contributed by atoms with Gasteiger partial charge in [0.05, 0.1) is 5.94 Å². The molecule has 2 unspecified atom stereocenters. The molecular formula is C27H36BBr2N3O4. The monoisotopic (exact) mass is 635 g/mol. The van der Waals surface area contributed by atoms with Crippen LogP contribution in [0.25, 0.3) is 0 Å². The number of nitrogens with zero attached hydrogens (tertiary/aromatic N) is 1. The lowest BCUT2D eigenvalue weighted by atomic mass is 9.73. The Labute approximate surface area is 237 Å². The number of amides is 2. The number of allylic oxidation sites excluding steroid dienone is 3. The molecule has 4 atom stereocenters. The van der Waals surface area contributed by atoms with Crippen LogP contribution in [-0.4, -0.2) is 73.5 Å². The van der Waals surface area contributed by atoms with Gasteiger partial charge in [-0.1, -0.05) is 88.2 Å². The van der Waals surface area contributed by atoms with Crippen LogP contribution in [-0.2, 0) is 18.9 Å². The molecule has 37 heavy (non-hydrogen) atoms.